The Labute approximate surface area is 87.6 Å². The van der Waals surface area contributed by atoms with Crippen LogP contribution in [0.25, 0.3) is 0 Å². The molecule has 1 atom stereocenters. The monoisotopic (exact) mass is 200 g/mol. The van der Waals surface area contributed by atoms with Crippen LogP contribution in [0, 0.1) is 0 Å². The molecule has 0 radical (unpaired) electrons. The average molecular weight is 200 g/mol. The summed E-state index contributed by atoms with van der Waals surface area (Å²) >= 11 is 0. The minimum absolute atomic E-state index is 0.0519. The van der Waals surface area contributed by atoms with Gasteiger partial charge in [-0.3, -0.25) is 0 Å². The first-order chi connectivity index (χ1) is 6.56. The van der Waals surface area contributed by atoms with Crippen LogP contribution in [0.5, 0.6) is 0 Å². The molecule has 2 N–H and O–H groups in total. The summed E-state index contributed by atoms with van der Waals surface area (Å²) in [5.41, 5.74) is 0. The number of nitrogens with one attached hydrogen (secondary N) is 2. The van der Waals surface area contributed by atoms with Gasteiger partial charge in [0, 0.05) is 12.1 Å². The molecule has 0 aliphatic carbocycles. The number of carbonyl (C=O) groups is 1. The number of unbranched alkanes of at least 4 members (excludes halogenated alkanes) is 2. The molecule has 0 saturated carbocycles. The zero-order chi connectivity index (χ0) is 11.0. The molecule has 2 amide bonds. The van der Waals surface area contributed by atoms with E-state index in [2.05, 4.69) is 24.5 Å². The molecule has 0 heterocycles. The maximum absolute atomic E-state index is 11.3. The highest BCUT2D eigenvalue weighted by Crippen LogP contribution is 2.02. The quantitative estimate of drug-likeness (QED) is 0.636. The molecule has 0 rings (SSSR count). The first kappa shape index (κ1) is 13.3. The van der Waals surface area contributed by atoms with Crippen LogP contribution in [0.2, 0.25) is 0 Å². The molecule has 0 fully saturated rings. The number of hydrogen-bond acceptors (Lipinski definition) is 1. The number of amides is 2. The molecule has 3 nitrogen and oxygen atoms in total. The van der Waals surface area contributed by atoms with E-state index in [0.29, 0.717) is 0 Å². The van der Waals surface area contributed by atoms with Crippen molar-refractivity contribution in [1.82, 2.24) is 10.6 Å². The Morgan fingerprint density at radius 3 is 2.29 bits per heavy atom. The molecule has 0 aliphatic heterocycles. The molecule has 0 aromatic rings. The molecule has 0 unspecified atom stereocenters. The Bertz CT molecular complexity index is 157. The van der Waals surface area contributed by atoms with Gasteiger partial charge in [0.25, 0.3) is 0 Å². The van der Waals surface area contributed by atoms with Crippen LogP contribution in [0.4, 0.5) is 4.79 Å². The van der Waals surface area contributed by atoms with E-state index in [0.717, 1.165) is 6.42 Å². The number of carbonyl (C=O) groups excluding carboxylic acids is 1. The first-order valence-corrected chi connectivity index (χ1v) is 5.63. The van der Waals surface area contributed by atoms with Gasteiger partial charge in [0.05, 0.1) is 0 Å². The van der Waals surface area contributed by atoms with E-state index >= 15 is 0 Å². The SMILES string of the molecule is CCCCC[C@H](C)NC(=O)NC(C)C. The summed E-state index contributed by atoms with van der Waals surface area (Å²) in [5.74, 6) is 0. The summed E-state index contributed by atoms with van der Waals surface area (Å²) in [4.78, 5) is 11.3. The largest absolute Gasteiger partial charge is 0.336 e. The molecule has 0 bridgehead atoms. The third kappa shape index (κ3) is 7.90. The Morgan fingerprint density at radius 1 is 1.14 bits per heavy atom. The van der Waals surface area contributed by atoms with Gasteiger partial charge in [-0.25, -0.2) is 4.79 Å². The van der Waals surface area contributed by atoms with Gasteiger partial charge in [0.1, 0.15) is 0 Å². The molecule has 14 heavy (non-hydrogen) atoms. The van der Waals surface area contributed by atoms with Gasteiger partial charge < -0.3 is 10.6 Å². The first-order valence-electron chi connectivity index (χ1n) is 5.63. The van der Waals surface area contributed by atoms with Crippen molar-refractivity contribution in [3.05, 3.63) is 0 Å². The van der Waals surface area contributed by atoms with E-state index < -0.39 is 0 Å². The number of urea groups is 1. The second-order valence-corrected chi connectivity index (χ2v) is 4.17. The zero-order valence-corrected chi connectivity index (χ0v) is 9.89. The van der Waals surface area contributed by atoms with Crippen LogP contribution in [0.3, 0.4) is 0 Å². The second-order valence-electron chi connectivity index (χ2n) is 4.17. The Kier molecular flexibility index (Phi) is 7.25. The zero-order valence-electron chi connectivity index (χ0n) is 9.89. The lowest BCUT2D eigenvalue weighted by atomic mass is 10.1. The third-order valence-electron chi connectivity index (χ3n) is 2.04. The van der Waals surface area contributed by atoms with Crippen LogP contribution < -0.4 is 10.6 Å². The van der Waals surface area contributed by atoms with Gasteiger partial charge in [-0.05, 0) is 27.2 Å². The van der Waals surface area contributed by atoms with E-state index in [9.17, 15) is 4.79 Å². The summed E-state index contributed by atoms with van der Waals surface area (Å²) in [6.07, 6.45) is 4.74. The molecule has 0 spiro atoms. The van der Waals surface area contributed by atoms with Gasteiger partial charge >= 0.3 is 6.03 Å². The summed E-state index contributed by atoms with van der Waals surface area (Å²) in [6, 6.07) is 0.433. The predicted octanol–water partition coefficient (Wildman–Crippen LogP) is 2.66. The number of hydrogen-bond donors (Lipinski definition) is 2. The van der Waals surface area contributed by atoms with E-state index in [4.69, 9.17) is 0 Å². The van der Waals surface area contributed by atoms with E-state index in [1.54, 1.807) is 0 Å². The van der Waals surface area contributed by atoms with Crippen LogP contribution in [-0.4, -0.2) is 18.1 Å². The fourth-order valence-corrected chi connectivity index (χ4v) is 1.30. The van der Waals surface area contributed by atoms with Gasteiger partial charge in [-0.15, -0.1) is 0 Å². The van der Waals surface area contributed by atoms with Crippen LogP contribution >= 0.6 is 0 Å². The molecule has 0 aliphatic rings. The highest BCUT2D eigenvalue weighted by molar-refractivity contribution is 5.74. The van der Waals surface area contributed by atoms with Gasteiger partial charge in [-0.1, -0.05) is 26.2 Å². The molecule has 3 heteroatoms. The van der Waals surface area contributed by atoms with Crippen molar-refractivity contribution in [1.29, 1.82) is 0 Å². The maximum Gasteiger partial charge on any atom is 0.315 e. The van der Waals surface area contributed by atoms with E-state index in [-0.39, 0.29) is 18.1 Å². The van der Waals surface area contributed by atoms with Crippen molar-refractivity contribution >= 4 is 6.03 Å². The minimum atomic E-state index is -0.0519. The normalized spacial score (nSPS) is 12.6. The lowest BCUT2D eigenvalue weighted by molar-refractivity contribution is 0.234. The Hall–Kier alpha value is -0.730. The molecule has 0 aromatic carbocycles. The summed E-state index contributed by atoms with van der Waals surface area (Å²) in [7, 11) is 0. The van der Waals surface area contributed by atoms with Crippen LogP contribution in [0.15, 0.2) is 0 Å². The molecular formula is C11H24N2O. The highest BCUT2D eigenvalue weighted by atomic mass is 16.2. The maximum atomic E-state index is 11.3. The predicted molar refractivity (Wildman–Crippen MR) is 60.4 cm³/mol. The van der Waals surface area contributed by atoms with Crippen molar-refractivity contribution in [2.24, 2.45) is 0 Å². The molecule has 0 aromatic heterocycles. The Balaban J connectivity index is 3.50. The van der Waals surface area contributed by atoms with Gasteiger partial charge in [-0.2, -0.15) is 0 Å². The molecule has 0 saturated heterocycles. The standard InChI is InChI=1S/C11H24N2O/c1-5-6-7-8-10(4)13-11(14)12-9(2)3/h9-10H,5-8H2,1-4H3,(H2,12,13,14)/t10-/m0/s1. The topological polar surface area (TPSA) is 41.1 Å². The van der Waals surface area contributed by atoms with Crippen LogP contribution in [0.1, 0.15) is 53.4 Å². The van der Waals surface area contributed by atoms with Crippen molar-refractivity contribution in [2.45, 2.75) is 65.5 Å². The summed E-state index contributed by atoms with van der Waals surface area (Å²) in [5, 5.41) is 5.73. The minimum Gasteiger partial charge on any atom is -0.336 e. The average Bonchev–Trinajstić information content (AvgIpc) is 2.02. The van der Waals surface area contributed by atoms with Crippen LogP contribution in [-0.2, 0) is 0 Å². The van der Waals surface area contributed by atoms with E-state index in [1.807, 2.05) is 13.8 Å². The van der Waals surface area contributed by atoms with Gasteiger partial charge in [0.15, 0.2) is 0 Å². The number of rotatable bonds is 6. The molecule has 84 valence electrons. The fourth-order valence-electron chi connectivity index (χ4n) is 1.30. The third-order valence-corrected chi connectivity index (χ3v) is 2.04. The van der Waals surface area contributed by atoms with Gasteiger partial charge in [0.2, 0.25) is 0 Å². The smallest absolute Gasteiger partial charge is 0.315 e. The fraction of sp³-hybridized carbons (Fsp3) is 0.909. The summed E-state index contributed by atoms with van der Waals surface area (Å²) in [6.45, 7) is 8.15. The van der Waals surface area contributed by atoms with Crippen molar-refractivity contribution in [3.8, 4) is 0 Å². The van der Waals surface area contributed by atoms with E-state index in [1.165, 1.54) is 19.3 Å². The summed E-state index contributed by atoms with van der Waals surface area (Å²) < 4.78 is 0. The van der Waals surface area contributed by atoms with Crippen molar-refractivity contribution in [2.75, 3.05) is 0 Å². The lowest BCUT2D eigenvalue weighted by Crippen LogP contribution is -2.43. The Morgan fingerprint density at radius 2 is 1.79 bits per heavy atom. The van der Waals surface area contributed by atoms with Crippen molar-refractivity contribution < 1.29 is 4.79 Å². The molecular weight excluding hydrogens is 176 g/mol. The second kappa shape index (κ2) is 7.65. The van der Waals surface area contributed by atoms with Crippen molar-refractivity contribution in [3.63, 3.8) is 0 Å². The lowest BCUT2D eigenvalue weighted by Gasteiger charge is -2.15. The highest BCUT2D eigenvalue weighted by Gasteiger charge is 2.06.